The molecule has 2 N–H and O–H groups in total. The van der Waals surface area contributed by atoms with E-state index in [4.69, 9.17) is 5.11 Å². The van der Waals surface area contributed by atoms with Gasteiger partial charge in [-0.15, -0.1) is 0 Å². The number of aliphatic hydroxyl groups is 1. The van der Waals surface area contributed by atoms with Crippen molar-refractivity contribution < 1.29 is 23.1 Å². The number of carbonyl (C=O) groups is 1. The Balaban J connectivity index is 1.84. The summed E-state index contributed by atoms with van der Waals surface area (Å²) in [6.45, 7) is 0.481. The fraction of sp³-hybridized carbons (Fsp3) is 0.462. The van der Waals surface area contributed by atoms with Gasteiger partial charge in [-0.25, -0.2) is 0 Å². The van der Waals surface area contributed by atoms with E-state index >= 15 is 0 Å². The maximum atomic E-state index is 12.2. The number of hydrogen-bond donors (Lipinski definition) is 2. The monoisotopic (exact) mass is 305 g/mol. The van der Waals surface area contributed by atoms with Crippen molar-refractivity contribution in [3.8, 4) is 0 Å². The molecule has 0 radical (unpaired) electrons. The standard InChI is InChI=1S/C13H14F3NO2S/c14-13(15,16)20-11-3-1-9(2-4-11)12(19)17-7-8-5-10(18)6-8/h1-4,8,10,18H,5-7H2,(H,17,19). The molecule has 1 saturated carbocycles. The van der Waals surface area contributed by atoms with E-state index < -0.39 is 5.51 Å². The molecule has 7 heteroatoms. The fourth-order valence-electron chi connectivity index (χ4n) is 2.01. The van der Waals surface area contributed by atoms with E-state index in [-0.39, 0.29) is 34.6 Å². The summed E-state index contributed by atoms with van der Waals surface area (Å²) in [5.41, 5.74) is -3.99. The third kappa shape index (κ3) is 4.42. The van der Waals surface area contributed by atoms with Gasteiger partial charge in [0.25, 0.3) is 5.91 Å². The number of benzene rings is 1. The van der Waals surface area contributed by atoms with Crippen molar-refractivity contribution in [3.63, 3.8) is 0 Å². The molecule has 0 unspecified atom stereocenters. The van der Waals surface area contributed by atoms with Crippen LogP contribution in [0, 0.1) is 5.92 Å². The van der Waals surface area contributed by atoms with Gasteiger partial charge in [0.2, 0.25) is 0 Å². The van der Waals surface area contributed by atoms with Gasteiger partial charge in [0.05, 0.1) is 6.10 Å². The smallest absolute Gasteiger partial charge is 0.393 e. The van der Waals surface area contributed by atoms with E-state index in [9.17, 15) is 18.0 Å². The Labute approximate surface area is 118 Å². The first-order chi connectivity index (χ1) is 9.33. The van der Waals surface area contributed by atoms with Gasteiger partial charge in [-0.1, -0.05) is 0 Å². The van der Waals surface area contributed by atoms with Crippen LogP contribution < -0.4 is 5.32 Å². The molecule has 1 aromatic carbocycles. The zero-order valence-corrected chi connectivity index (χ0v) is 11.3. The minimum atomic E-state index is -4.32. The predicted octanol–water partition coefficient (Wildman–Crippen LogP) is 2.80. The molecule has 0 atom stereocenters. The molecule has 20 heavy (non-hydrogen) atoms. The van der Waals surface area contributed by atoms with Gasteiger partial charge < -0.3 is 10.4 Å². The number of rotatable bonds is 4. The van der Waals surface area contributed by atoms with Crippen LogP contribution in [0.2, 0.25) is 0 Å². The van der Waals surface area contributed by atoms with Crippen molar-refractivity contribution in [1.82, 2.24) is 5.32 Å². The van der Waals surface area contributed by atoms with Crippen LogP contribution in [-0.4, -0.2) is 29.2 Å². The lowest BCUT2D eigenvalue weighted by Crippen LogP contribution is -2.38. The highest BCUT2D eigenvalue weighted by Gasteiger charge is 2.29. The topological polar surface area (TPSA) is 49.3 Å². The highest BCUT2D eigenvalue weighted by molar-refractivity contribution is 8.00. The van der Waals surface area contributed by atoms with Gasteiger partial charge in [-0.3, -0.25) is 4.79 Å². The molecule has 1 amide bonds. The molecule has 0 aliphatic heterocycles. The number of aliphatic hydroxyl groups excluding tert-OH is 1. The van der Waals surface area contributed by atoms with Gasteiger partial charge in [-0.2, -0.15) is 13.2 Å². The molecule has 1 aromatic rings. The van der Waals surface area contributed by atoms with E-state index in [0.29, 0.717) is 24.9 Å². The molecule has 1 fully saturated rings. The van der Waals surface area contributed by atoms with E-state index in [1.807, 2.05) is 0 Å². The number of amides is 1. The normalized spacial score (nSPS) is 22.2. The summed E-state index contributed by atoms with van der Waals surface area (Å²) in [7, 11) is 0. The van der Waals surface area contributed by atoms with Gasteiger partial charge in [0, 0.05) is 17.0 Å². The largest absolute Gasteiger partial charge is 0.446 e. The summed E-state index contributed by atoms with van der Waals surface area (Å²) in [5.74, 6) is -0.0241. The molecule has 0 saturated heterocycles. The van der Waals surface area contributed by atoms with Crippen molar-refractivity contribution >= 4 is 17.7 Å². The number of alkyl halides is 3. The van der Waals surface area contributed by atoms with Crippen LogP contribution in [-0.2, 0) is 0 Å². The lowest BCUT2D eigenvalue weighted by Gasteiger charge is -2.31. The van der Waals surface area contributed by atoms with Gasteiger partial charge in [0.15, 0.2) is 0 Å². The number of hydrogen-bond acceptors (Lipinski definition) is 3. The van der Waals surface area contributed by atoms with Crippen molar-refractivity contribution in [3.05, 3.63) is 29.8 Å². The minimum absolute atomic E-state index is 0.0520. The third-order valence-corrected chi connectivity index (χ3v) is 3.85. The Hall–Kier alpha value is -1.21. The number of halogens is 3. The van der Waals surface area contributed by atoms with Crippen molar-refractivity contribution in [2.45, 2.75) is 29.3 Å². The molecule has 0 bridgehead atoms. The van der Waals surface area contributed by atoms with E-state index in [2.05, 4.69) is 5.32 Å². The van der Waals surface area contributed by atoms with Crippen LogP contribution >= 0.6 is 11.8 Å². The molecule has 110 valence electrons. The summed E-state index contributed by atoms with van der Waals surface area (Å²) in [5, 5.41) is 11.8. The van der Waals surface area contributed by atoms with Crippen LogP contribution in [0.5, 0.6) is 0 Å². The number of thioether (sulfide) groups is 1. The van der Waals surface area contributed by atoms with Crippen LogP contribution in [0.1, 0.15) is 23.2 Å². The molecule has 1 aliphatic rings. The fourth-order valence-corrected chi connectivity index (χ4v) is 2.55. The second-order valence-corrected chi connectivity index (χ2v) is 5.91. The van der Waals surface area contributed by atoms with Crippen LogP contribution in [0.15, 0.2) is 29.2 Å². The van der Waals surface area contributed by atoms with Crippen molar-refractivity contribution in [2.75, 3.05) is 6.54 Å². The van der Waals surface area contributed by atoms with Gasteiger partial charge in [-0.05, 0) is 54.8 Å². The first-order valence-electron chi connectivity index (χ1n) is 6.15. The minimum Gasteiger partial charge on any atom is -0.393 e. The van der Waals surface area contributed by atoms with E-state index in [1.165, 1.54) is 24.3 Å². The summed E-state index contributed by atoms with van der Waals surface area (Å²) < 4.78 is 36.5. The van der Waals surface area contributed by atoms with Crippen molar-refractivity contribution in [1.29, 1.82) is 0 Å². The molecule has 0 spiro atoms. The first kappa shape index (κ1) is 15.2. The Morgan fingerprint density at radius 1 is 1.30 bits per heavy atom. The highest BCUT2D eigenvalue weighted by atomic mass is 32.2. The molecule has 2 rings (SSSR count). The average Bonchev–Trinajstić information content (AvgIpc) is 2.32. The quantitative estimate of drug-likeness (QED) is 0.841. The molecular formula is C13H14F3NO2S. The van der Waals surface area contributed by atoms with Crippen LogP contribution in [0.3, 0.4) is 0 Å². The van der Waals surface area contributed by atoms with Crippen LogP contribution in [0.4, 0.5) is 13.2 Å². The molecular weight excluding hydrogens is 291 g/mol. The second kappa shape index (κ2) is 6.05. The molecule has 0 heterocycles. The first-order valence-corrected chi connectivity index (χ1v) is 6.97. The van der Waals surface area contributed by atoms with Gasteiger partial charge >= 0.3 is 5.51 Å². The molecule has 1 aliphatic carbocycles. The Kier molecular flexibility index (Phi) is 4.59. The Morgan fingerprint density at radius 2 is 1.90 bits per heavy atom. The van der Waals surface area contributed by atoms with Gasteiger partial charge in [0.1, 0.15) is 0 Å². The maximum absolute atomic E-state index is 12.2. The summed E-state index contributed by atoms with van der Waals surface area (Å²) in [4.78, 5) is 11.8. The zero-order valence-electron chi connectivity index (χ0n) is 10.5. The third-order valence-electron chi connectivity index (χ3n) is 3.11. The number of carbonyl (C=O) groups excluding carboxylic acids is 1. The van der Waals surface area contributed by atoms with Crippen LogP contribution in [0.25, 0.3) is 0 Å². The second-order valence-electron chi connectivity index (χ2n) is 4.77. The summed E-state index contributed by atoms with van der Waals surface area (Å²) >= 11 is -0.207. The lowest BCUT2D eigenvalue weighted by molar-refractivity contribution is -0.0328. The maximum Gasteiger partial charge on any atom is 0.446 e. The molecule has 0 aromatic heterocycles. The summed E-state index contributed by atoms with van der Waals surface area (Å²) in [6, 6.07) is 5.30. The predicted molar refractivity (Wildman–Crippen MR) is 69.4 cm³/mol. The van der Waals surface area contributed by atoms with Crippen molar-refractivity contribution in [2.24, 2.45) is 5.92 Å². The Morgan fingerprint density at radius 3 is 2.40 bits per heavy atom. The highest BCUT2D eigenvalue weighted by Crippen LogP contribution is 2.36. The Bertz CT molecular complexity index is 469. The van der Waals surface area contributed by atoms with E-state index in [0.717, 1.165) is 0 Å². The average molecular weight is 305 g/mol. The SMILES string of the molecule is O=C(NCC1CC(O)C1)c1ccc(SC(F)(F)F)cc1. The number of nitrogens with one attached hydrogen (secondary N) is 1. The summed E-state index contributed by atoms with van der Waals surface area (Å²) in [6.07, 6.45) is 1.10. The lowest BCUT2D eigenvalue weighted by atomic mass is 9.82. The van der Waals surface area contributed by atoms with E-state index in [1.54, 1.807) is 0 Å². The molecule has 3 nitrogen and oxygen atoms in total. The zero-order chi connectivity index (χ0) is 14.8.